The van der Waals surface area contributed by atoms with E-state index in [9.17, 15) is 9.18 Å². The predicted molar refractivity (Wildman–Crippen MR) is 112 cm³/mol. The number of nitrogens with zero attached hydrogens (tertiary/aromatic N) is 3. The number of hydrogen-bond acceptors (Lipinski definition) is 5. The average Bonchev–Trinajstić information content (AvgIpc) is 3.18. The van der Waals surface area contributed by atoms with Gasteiger partial charge in [0.25, 0.3) is 5.91 Å². The number of carbonyl (C=O) groups is 1. The summed E-state index contributed by atoms with van der Waals surface area (Å²) in [6.07, 6.45) is 1.67. The third-order valence-corrected chi connectivity index (χ3v) is 5.34. The summed E-state index contributed by atoms with van der Waals surface area (Å²) < 4.78 is 20.3. The number of ether oxygens (including phenoxy) is 1. The summed E-state index contributed by atoms with van der Waals surface area (Å²) in [5, 5.41) is 0.426. The highest BCUT2D eigenvalue weighted by Gasteiger charge is 2.23. The maximum Gasteiger partial charge on any atom is 0.260 e. The number of thiazole rings is 1. The lowest BCUT2D eigenvalue weighted by molar-refractivity contribution is 0.0984. The van der Waals surface area contributed by atoms with Crippen molar-refractivity contribution in [3.05, 3.63) is 83.9 Å². The van der Waals surface area contributed by atoms with Crippen molar-refractivity contribution in [2.45, 2.75) is 13.5 Å². The Bertz CT molecular complexity index is 1130. The smallest absolute Gasteiger partial charge is 0.260 e. The Balaban J connectivity index is 1.72. The number of fused-ring (bicyclic) bond motifs is 1. The second-order valence-electron chi connectivity index (χ2n) is 6.25. The van der Waals surface area contributed by atoms with Gasteiger partial charge in [-0.1, -0.05) is 23.5 Å². The van der Waals surface area contributed by atoms with Gasteiger partial charge in [-0.2, -0.15) is 0 Å². The molecule has 0 spiro atoms. The zero-order chi connectivity index (χ0) is 20.2. The average molecular weight is 407 g/mol. The molecule has 2 heterocycles. The number of rotatable bonds is 6. The zero-order valence-electron chi connectivity index (χ0n) is 15.7. The Morgan fingerprint density at radius 3 is 2.62 bits per heavy atom. The minimum absolute atomic E-state index is 0.230. The number of halogens is 1. The van der Waals surface area contributed by atoms with Gasteiger partial charge in [0.1, 0.15) is 17.1 Å². The number of hydrogen-bond donors (Lipinski definition) is 0. The molecule has 7 heteroatoms. The van der Waals surface area contributed by atoms with E-state index in [1.807, 2.05) is 25.1 Å². The van der Waals surface area contributed by atoms with Crippen LogP contribution in [0.4, 0.5) is 9.52 Å². The molecule has 2 aromatic carbocycles. The van der Waals surface area contributed by atoms with Crippen molar-refractivity contribution >= 4 is 32.6 Å². The lowest BCUT2D eigenvalue weighted by Gasteiger charge is -2.19. The molecule has 0 N–H and O–H groups in total. The second kappa shape index (κ2) is 8.36. The molecular formula is C22H18FN3O2S. The van der Waals surface area contributed by atoms with E-state index < -0.39 is 5.82 Å². The number of anilines is 1. The Kier molecular flexibility index (Phi) is 5.48. The summed E-state index contributed by atoms with van der Waals surface area (Å²) in [5.74, 6) is 0.0526. The second-order valence-corrected chi connectivity index (χ2v) is 7.26. The molecule has 1 amide bonds. The van der Waals surface area contributed by atoms with E-state index in [0.717, 1.165) is 0 Å². The first-order valence-electron chi connectivity index (χ1n) is 9.15. The van der Waals surface area contributed by atoms with E-state index in [-0.39, 0.29) is 18.0 Å². The van der Waals surface area contributed by atoms with Crippen LogP contribution < -0.4 is 9.64 Å². The lowest BCUT2D eigenvalue weighted by Crippen LogP contribution is -2.30. The number of para-hydroxylation sites is 1. The van der Waals surface area contributed by atoms with Crippen LogP contribution in [-0.4, -0.2) is 22.5 Å². The summed E-state index contributed by atoms with van der Waals surface area (Å²) in [7, 11) is 0. The van der Waals surface area contributed by atoms with Crippen LogP contribution in [0.15, 0.2) is 66.9 Å². The maximum absolute atomic E-state index is 14.1. The lowest BCUT2D eigenvalue weighted by atomic mass is 10.2. The fourth-order valence-electron chi connectivity index (χ4n) is 2.91. The van der Waals surface area contributed by atoms with Crippen LogP contribution in [0.2, 0.25) is 0 Å². The molecule has 0 aliphatic rings. The summed E-state index contributed by atoms with van der Waals surface area (Å²) in [6.45, 7) is 2.69. The number of amides is 1. The third kappa shape index (κ3) is 4.09. The third-order valence-electron chi connectivity index (χ3n) is 4.29. The predicted octanol–water partition coefficient (Wildman–Crippen LogP) is 5.08. The SMILES string of the molecule is CCOc1ccc(C(=O)N(Cc2ccccn2)c2nc3c(F)cccc3s2)cc1. The molecule has 0 saturated heterocycles. The number of aromatic nitrogens is 2. The van der Waals surface area contributed by atoms with Gasteiger partial charge in [-0.25, -0.2) is 9.37 Å². The molecule has 4 aromatic rings. The first-order chi connectivity index (χ1) is 14.2. The van der Waals surface area contributed by atoms with Crippen molar-refractivity contribution in [2.24, 2.45) is 0 Å². The molecule has 146 valence electrons. The molecular weight excluding hydrogens is 389 g/mol. The topological polar surface area (TPSA) is 55.3 Å². The van der Waals surface area contributed by atoms with Crippen LogP contribution >= 0.6 is 11.3 Å². The molecule has 0 fully saturated rings. The molecule has 0 aliphatic heterocycles. The Morgan fingerprint density at radius 1 is 1.10 bits per heavy atom. The van der Waals surface area contributed by atoms with Crippen LogP contribution in [0.25, 0.3) is 10.2 Å². The highest BCUT2D eigenvalue weighted by atomic mass is 32.1. The Labute approximate surface area is 171 Å². The molecule has 29 heavy (non-hydrogen) atoms. The largest absolute Gasteiger partial charge is 0.494 e. The van der Waals surface area contributed by atoms with Crippen molar-refractivity contribution in [3.63, 3.8) is 0 Å². The van der Waals surface area contributed by atoms with Gasteiger partial charge in [0.05, 0.1) is 23.5 Å². The quantitative estimate of drug-likeness (QED) is 0.447. The molecule has 4 rings (SSSR count). The summed E-state index contributed by atoms with van der Waals surface area (Å²) in [5.41, 5.74) is 1.47. The van der Waals surface area contributed by atoms with E-state index in [4.69, 9.17) is 4.74 Å². The number of carbonyl (C=O) groups excluding carboxylic acids is 1. The zero-order valence-corrected chi connectivity index (χ0v) is 16.5. The van der Waals surface area contributed by atoms with Gasteiger partial charge in [-0.15, -0.1) is 0 Å². The fourth-order valence-corrected chi connectivity index (χ4v) is 3.89. The molecule has 2 aromatic heterocycles. The van der Waals surface area contributed by atoms with Crippen molar-refractivity contribution in [1.29, 1.82) is 0 Å². The number of benzene rings is 2. The monoisotopic (exact) mass is 407 g/mol. The van der Waals surface area contributed by atoms with E-state index >= 15 is 0 Å². The molecule has 0 atom stereocenters. The molecule has 0 aliphatic carbocycles. The van der Waals surface area contributed by atoms with Gasteiger partial charge < -0.3 is 4.74 Å². The van der Waals surface area contributed by atoms with Crippen molar-refractivity contribution in [2.75, 3.05) is 11.5 Å². The van der Waals surface area contributed by atoms with Crippen LogP contribution in [0.5, 0.6) is 5.75 Å². The van der Waals surface area contributed by atoms with Gasteiger partial charge in [0.2, 0.25) is 0 Å². The van der Waals surface area contributed by atoms with Crippen molar-refractivity contribution in [3.8, 4) is 5.75 Å². The molecule has 0 saturated carbocycles. The van der Waals surface area contributed by atoms with Crippen LogP contribution in [0.1, 0.15) is 23.0 Å². The maximum atomic E-state index is 14.1. The fraction of sp³-hybridized carbons (Fsp3) is 0.136. The van der Waals surface area contributed by atoms with E-state index in [1.165, 1.54) is 22.3 Å². The van der Waals surface area contributed by atoms with E-state index in [2.05, 4.69) is 9.97 Å². The van der Waals surface area contributed by atoms with Crippen molar-refractivity contribution < 1.29 is 13.9 Å². The minimum Gasteiger partial charge on any atom is -0.494 e. The van der Waals surface area contributed by atoms with Gasteiger partial charge >= 0.3 is 0 Å². The van der Waals surface area contributed by atoms with Crippen LogP contribution in [-0.2, 0) is 6.54 Å². The van der Waals surface area contributed by atoms with Gasteiger partial charge in [0, 0.05) is 11.8 Å². The summed E-state index contributed by atoms with van der Waals surface area (Å²) in [6, 6.07) is 17.3. The standard InChI is InChI=1S/C22H18FN3O2S/c1-2-28-17-11-9-15(10-12-17)21(27)26(14-16-6-3-4-13-24-16)22-25-20-18(23)7-5-8-19(20)29-22/h3-13H,2,14H2,1H3. The Morgan fingerprint density at radius 2 is 1.93 bits per heavy atom. The van der Waals surface area contributed by atoms with Crippen LogP contribution in [0, 0.1) is 5.82 Å². The Hall–Kier alpha value is -3.32. The first-order valence-corrected chi connectivity index (χ1v) is 9.97. The minimum atomic E-state index is -0.406. The van der Waals surface area contributed by atoms with Gasteiger partial charge in [0.15, 0.2) is 5.13 Å². The normalized spacial score (nSPS) is 10.8. The van der Waals surface area contributed by atoms with Crippen molar-refractivity contribution in [1.82, 2.24) is 9.97 Å². The molecule has 0 radical (unpaired) electrons. The van der Waals surface area contributed by atoms with Gasteiger partial charge in [-0.3, -0.25) is 14.7 Å². The highest BCUT2D eigenvalue weighted by Crippen LogP contribution is 2.32. The van der Waals surface area contributed by atoms with Gasteiger partial charge in [-0.05, 0) is 55.5 Å². The summed E-state index contributed by atoms with van der Waals surface area (Å²) in [4.78, 5) is 23.6. The first kappa shape index (κ1) is 19.0. The number of pyridine rings is 1. The van der Waals surface area contributed by atoms with E-state index in [1.54, 1.807) is 42.6 Å². The summed E-state index contributed by atoms with van der Waals surface area (Å²) >= 11 is 1.27. The van der Waals surface area contributed by atoms with Crippen LogP contribution in [0.3, 0.4) is 0 Å². The molecule has 5 nitrogen and oxygen atoms in total. The highest BCUT2D eigenvalue weighted by molar-refractivity contribution is 7.22. The molecule has 0 bridgehead atoms. The molecule has 0 unspecified atom stereocenters. The van der Waals surface area contributed by atoms with E-state index in [0.29, 0.717) is 33.4 Å².